The molecule has 4 heteroatoms. The molecule has 1 atom stereocenters. The number of aromatic hydroxyl groups is 1. The Balaban J connectivity index is 2.45. The summed E-state index contributed by atoms with van der Waals surface area (Å²) in [5.41, 5.74) is 3.48. The number of phenolic OH excluding ortho intramolecular Hbond substituents is 1. The van der Waals surface area contributed by atoms with Crippen molar-refractivity contribution in [3.05, 3.63) is 60.2 Å². The number of allylic oxidation sites excluding steroid dienone is 1. The van der Waals surface area contributed by atoms with E-state index in [4.69, 9.17) is 9.84 Å². The van der Waals surface area contributed by atoms with E-state index in [0.717, 1.165) is 22.3 Å². The van der Waals surface area contributed by atoms with Crippen LogP contribution in [0.3, 0.4) is 0 Å². The molecule has 0 spiro atoms. The van der Waals surface area contributed by atoms with Gasteiger partial charge in [0.15, 0.2) is 0 Å². The molecular weight excluding hydrogens is 292 g/mol. The van der Waals surface area contributed by atoms with Crippen LogP contribution in [0.4, 0.5) is 0 Å². The summed E-state index contributed by atoms with van der Waals surface area (Å²) in [5, 5.41) is 28.5. The Morgan fingerprint density at radius 1 is 1.22 bits per heavy atom. The van der Waals surface area contributed by atoms with E-state index >= 15 is 0 Å². The van der Waals surface area contributed by atoms with Crippen molar-refractivity contribution in [2.24, 2.45) is 0 Å². The predicted octanol–water partition coefficient (Wildman–Crippen LogP) is 2.69. The Morgan fingerprint density at radius 3 is 2.65 bits per heavy atom. The van der Waals surface area contributed by atoms with E-state index in [2.05, 4.69) is 6.58 Å². The second kappa shape index (κ2) is 7.81. The standard InChI is InChI=1S/C19H22O4/c1-3-4-15-11-14(6-7-18(15)22)17-10-13(9-16(21)12-20)5-8-19(17)23-2/h3,5-8,10-11,16,20-22H,1,4,9,12H2,2H3. The van der Waals surface area contributed by atoms with Crippen LogP contribution in [0.2, 0.25) is 0 Å². The first-order chi connectivity index (χ1) is 11.1. The molecule has 4 nitrogen and oxygen atoms in total. The summed E-state index contributed by atoms with van der Waals surface area (Å²) in [5.74, 6) is 0.946. The third-order valence-electron chi connectivity index (χ3n) is 3.70. The van der Waals surface area contributed by atoms with Crippen molar-refractivity contribution in [1.29, 1.82) is 0 Å². The molecule has 23 heavy (non-hydrogen) atoms. The van der Waals surface area contributed by atoms with Crippen molar-refractivity contribution in [3.63, 3.8) is 0 Å². The Morgan fingerprint density at radius 2 is 2.00 bits per heavy atom. The van der Waals surface area contributed by atoms with Gasteiger partial charge in [-0.2, -0.15) is 0 Å². The van der Waals surface area contributed by atoms with Crippen LogP contribution < -0.4 is 4.74 Å². The molecule has 0 saturated carbocycles. The van der Waals surface area contributed by atoms with Gasteiger partial charge < -0.3 is 20.1 Å². The number of aliphatic hydroxyl groups excluding tert-OH is 2. The Kier molecular flexibility index (Phi) is 5.79. The van der Waals surface area contributed by atoms with Crippen LogP contribution in [0.15, 0.2) is 49.1 Å². The average molecular weight is 314 g/mol. The lowest BCUT2D eigenvalue weighted by atomic mass is 9.97. The highest BCUT2D eigenvalue weighted by atomic mass is 16.5. The summed E-state index contributed by atoms with van der Waals surface area (Å²) in [6.07, 6.45) is 1.90. The van der Waals surface area contributed by atoms with Gasteiger partial charge in [-0.25, -0.2) is 0 Å². The summed E-state index contributed by atoms with van der Waals surface area (Å²) in [6.45, 7) is 3.43. The van der Waals surface area contributed by atoms with E-state index in [1.54, 1.807) is 19.3 Å². The van der Waals surface area contributed by atoms with Gasteiger partial charge in [-0.1, -0.05) is 18.2 Å². The zero-order valence-corrected chi connectivity index (χ0v) is 13.2. The van der Waals surface area contributed by atoms with Gasteiger partial charge in [-0.15, -0.1) is 6.58 Å². The smallest absolute Gasteiger partial charge is 0.126 e. The van der Waals surface area contributed by atoms with E-state index in [1.165, 1.54) is 0 Å². The van der Waals surface area contributed by atoms with Crippen LogP contribution in [0.1, 0.15) is 11.1 Å². The SMILES string of the molecule is C=CCc1cc(-c2cc(CC(O)CO)ccc2OC)ccc1O. The second-order valence-electron chi connectivity index (χ2n) is 5.41. The molecule has 0 amide bonds. The molecule has 0 aliphatic heterocycles. The van der Waals surface area contributed by atoms with Gasteiger partial charge in [0.2, 0.25) is 0 Å². The van der Waals surface area contributed by atoms with Gasteiger partial charge in [0.25, 0.3) is 0 Å². The molecule has 122 valence electrons. The number of hydrogen-bond acceptors (Lipinski definition) is 4. The fourth-order valence-electron chi connectivity index (χ4n) is 2.52. The van der Waals surface area contributed by atoms with Crippen molar-refractivity contribution >= 4 is 0 Å². The fourth-order valence-corrected chi connectivity index (χ4v) is 2.52. The van der Waals surface area contributed by atoms with Crippen LogP contribution in [-0.2, 0) is 12.8 Å². The molecule has 0 aliphatic rings. The average Bonchev–Trinajstić information content (AvgIpc) is 2.57. The zero-order chi connectivity index (χ0) is 16.8. The largest absolute Gasteiger partial charge is 0.508 e. The normalized spacial score (nSPS) is 12.0. The minimum Gasteiger partial charge on any atom is -0.508 e. The van der Waals surface area contributed by atoms with Crippen molar-refractivity contribution in [2.45, 2.75) is 18.9 Å². The lowest BCUT2D eigenvalue weighted by Gasteiger charge is -2.14. The summed E-state index contributed by atoms with van der Waals surface area (Å²) in [6, 6.07) is 11.0. The summed E-state index contributed by atoms with van der Waals surface area (Å²) in [4.78, 5) is 0. The topological polar surface area (TPSA) is 69.9 Å². The number of aliphatic hydroxyl groups is 2. The lowest BCUT2D eigenvalue weighted by molar-refractivity contribution is 0.0955. The van der Waals surface area contributed by atoms with E-state index in [1.807, 2.05) is 30.3 Å². The number of benzene rings is 2. The number of ether oxygens (including phenoxy) is 1. The van der Waals surface area contributed by atoms with Crippen molar-refractivity contribution in [2.75, 3.05) is 13.7 Å². The molecule has 0 saturated heterocycles. The molecule has 0 fully saturated rings. The molecule has 0 aliphatic carbocycles. The highest BCUT2D eigenvalue weighted by Crippen LogP contribution is 2.34. The first-order valence-electron chi connectivity index (χ1n) is 7.48. The molecule has 0 aromatic heterocycles. The lowest BCUT2D eigenvalue weighted by Crippen LogP contribution is -2.15. The minimum absolute atomic E-state index is 0.236. The molecule has 2 rings (SSSR count). The molecule has 0 bridgehead atoms. The first kappa shape index (κ1) is 17.1. The van der Waals surface area contributed by atoms with Crippen LogP contribution in [0, 0.1) is 0 Å². The number of phenols is 1. The van der Waals surface area contributed by atoms with Crippen molar-refractivity contribution < 1.29 is 20.1 Å². The summed E-state index contributed by atoms with van der Waals surface area (Å²) >= 11 is 0. The molecule has 0 radical (unpaired) electrons. The van der Waals surface area contributed by atoms with Crippen molar-refractivity contribution in [1.82, 2.24) is 0 Å². The Labute approximate surface area is 136 Å². The van der Waals surface area contributed by atoms with E-state index in [9.17, 15) is 10.2 Å². The molecular formula is C19H22O4. The maximum atomic E-state index is 9.91. The van der Waals surface area contributed by atoms with Crippen LogP contribution >= 0.6 is 0 Å². The zero-order valence-electron chi connectivity index (χ0n) is 13.2. The van der Waals surface area contributed by atoms with Crippen LogP contribution in [0.5, 0.6) is 11.5 Å². The van der Waals surface area contributed by atoms with Gasteiger partial charge in [0.1, 0.15) is 11.5 Å². The minimum atomic E-state index is -0.785. The Hall–Kier alpha value is -2.30. The van der Waals surface area contributed by atoms with Crippen LogP contribution in [0.25, 0.3) is 11.1 Å². The van der Waals surface area contributed by atoms with Gasteiger partial charge in [-0.3, -0.25) is 0 Å². The maximum absolute atomic E-state index is 9.91. The van der Waals surface area contributed by atoms with Gasteiger partial charge in [0, 0.05) is 12.0 Å². The van der Waals surface area contributed by atoms with Gasteiger partial charge >= 0.3 is 0 Å². The second-order valence-corrected chi connectivity index (χ2v) is 5.41. The number of rotatable bonds is 7. The fraction of sp³-hybridized carbons (Fsp3) is 0.263. The summed E-state index contributed by atoms with van der Waals surface area (Å²) < 4.78 is 5.42. The monoisotopic (exact) mass is 314 g/mol. The molecule has 3 N–H and O–H groups in total. The van der Waals surface area contributed by atoms with E-state index in [-0.39, 0.29) is 12.4 Å². The Bertz CT molecular complexity index is 679. The third kappa shape index (κ3) is 4.12. The molecule has 2 aromatic carbocycles. The number of hydrogen-bond donors (Lipinski definition) is 3. The molecule has 2 aromatic rings. The number of methoxy groups -OCH3 is 1. The van der Waals surface area contributed by atoms with Gasteiger partial charge in [0.05, 0.1) is 19.8 Å². The van der Waals surface area contributed by atoms with Gasteiger partial charge in [-0.05, 0) is 47.4 Å². The molecule has 1 unspecified atom stereocenters. The maximum Gasteiger partial charge on any atom is 0.126 e. The van der Waals surface area contributed by atoms with E-state index in [0.29, 0.717) is 18.6 Å². The first-order valence-corrected chi connectivity index (χ1v) is 7.48. The van der Waals surface area contributed by atoms with Crippen LogP contribution in [-0.4, -0.2) is 35.1 Å². The van der Waals surface area contributed by atoms with Crippen molar-refractivity contribution in [3.8, 4) is 22.6 Å². The third-order valence-corrected chi connectivity index (χ3v) is 3.70. The quantitative estimate of drug-likeness (QED) is 0.687. The highest BCUT2D eigenvalue weighted by Gasteiger charge is 2.11. The molecule has 0 heterocycles. The van der Waals surface area contributed by atoms with E-state index < -0.39 is 6.10 Å². The predicted molar refractivity (Wildman–Crippen MR) is 90.8 cm³/mol. The highest BCUT2D eigenvalue weighted by molar-refractivity contribution is 5.72. The summed E-state index contributed by atoms with van der Waals surface area (Å²) in [7, 11) is 1.60.